The highest BCUT2D eigenvalue weighted by atomic mass is 16.5. The first-order chi connectivity index (χ1) is 14.2. The van der Waals surface area contributed by atoms with Crippen molar-refractivity contribution in [1.82, 2.24) is 15.2 Å². The lowest BCUT2D eigenvalue weighted by Crippen LogP contribution is -2.43. The molecule has 29 heavy (non-hydrogen) atoms. The minimum Gasteiger partial charge on any atom is -0.497 e. The van der Waals surface area contributed by atoms with Crippen LogP contribution in [0.5, 0.6) is 5.75 Å². The number of carbonyl (C=O) groups excluding carboxylic acids is 1. The third-order valence-corrected chi connectivity index (χ3v) is 6.42. The average molecular weight is 394 g/mol. The van der Waals surface area contributed by atoms with Crippen LogP contribution in [0.15, 0.2) is 48.7 Å². The summed E-state index contributed by atoms with van der Waals surface area (Å²) in [4.78, 5) is 19.7. The Bertz CT molecular complexity index is 799. The van der Waals surface area contributed by atoms with Gasteiger partial charge in [0.25, 0.3) is 0 Å². The van der Waals surface area contributed by atoms with E-state index in [1.807, 2.05) is 36.5 Å². The zero-order valence-electron chi connectivity index (χ0n) is 17.2. The van der Waals surface area contributed by atoms with Gasteiger partial charge in [0.05, 0.1) is 18.8 Å². The van der Waals surface area contributed by atoms with E-state index in [1.165, 1.54) is 12.0 Å². The zero-order chi connectivity index (χ0) is 20.1. The number of amides is 1. The topological polar surface area (TPSA) is 54.5 Å². The molecule has 2 aliphatic rings. The van der Waals surface area contributed by atoms with Crippen LogP contribution in [0.1, 0.15) is 49.4 Å². The Morgan fingerprint density at radius 2 is 2.00 bits per heavy atom. The fourth-order valence-corrected chi connectivity index (χ4v) is 4.41. The molecule has 1 N–H and O–H groups in total. The molecule has 5 heteroatoms. The lowest BCUT2D eigenvalue weighted by atomic mass is 9.83. The number of rotatable bonds is 7. The third-order valence-electron chi connectivity index (χ3n) is 6.42. The second-order valence-corrected chi connectivity index (χ2v) is 8.33. The maximum atomic E-state index is 12.7. The van der Waals surface area contributed by atoms with E-state index < -0.39 is 0 Å². The molecule has 1 aromatic carbocycles. The summed E-state index contributed by atoms with van der Waals surface area (Å²) < 4.78 is 5.35. The number of benzene rings is 1. The van der Waals surface area contributed by atoms with Crippen LogP contribution in [0, 0.1) is 11.8 Å². The Morgan fingerprint density at radius 1 is 1.17 bits per heavy atom. The van der Waals surface area contributed by atoms with Gasteiger partial charge in [0.2, 0.25) is 5.91 Å². The molecule has 2 heterocycles. The molecule has 4 rings (SSSR count). The van der Waals surface area contributed by atoms with E-state index in [1.54, 1.807) is 7.11 Å². The first-order valence-corrected chi connectivity index (χ1v) is 10.8. The SMILES string of the molecule is COc1cccc(CN2CCC([C@@H](NC(=O)C3CCC3)c3ccccn3)CC2)c1. The number of nitrogens with zero attached hydrogens (tertiary/aromatic N) is 2. The molecule has 2 aromatic rings. The van der Waals surface area contributed by atoms with Crippen molar-refractivity contribution in [3.05, 3.63) is 59.9 Å². The number of aromatic nitrogens is 1. The molecule has 1 aliphatic carbocycles. The van der Waals surface area contributed by atoms with Gasteiger partial charge in [-0.3, -0.25) is 14.7 Å². The Balaban J connectivity index is 1.38. The van der Waals surface area contributed by atoms with E-state index in [-0.39, 0.29) is 17.9 Å². The van der Waals surface area contributed by atoms with Gasteiger partial charge in [-0.05, 0) is 74.5 Å². The molecule has 154 valence electrons. The van der Waals surface area contributed by atoms with E-state index >= 15 is 0 Å². The number of piperidine rings is 1. The fourth-order valence-electron chi connectivity index (χ4n) is 4.41. The van der Waals surface area contributed by atoms with Crippen LogP contribution in [0.2, 0.25) is 0 Å². The van der Waals surface area contributed by atoms with Crippen LogP contribution in [0.4, 0.5) is 0 Å². The van der Waals surface area contributed by atoms with Gasteiger partial charge < -0.3 is 10.1 Å². The number of carbonyl (C=O) groups is 1. The van der Waals surface area contributed by atoms with Crippen molar-refractivity contribution >= 4 is 5.91 Å². The quantitative estimate of drug-likeness (QED) is 0.774. The molecule has 0 spiro atoms. The van der Waals surface area contributed by atoms with E-state index in [0.29, 0.717) is 5.92 Å². The minimum absolute atomic E-state index is 0.0169. The van der Waals surface area contributed by atoms with E-state index in [0.717, 1.165) is 56.8 Å². The highest BCUT2D eigenvalue weighted by Gasteiger charge is 2.33. The standard InChI is InChI=1S/C24H31N3O2/c1-29-21-9-4-6-18(16-21)17-27-14-11-19(12-15-27)23(22-10-2-3-13-25-22)26-24(28)20-7-5-8-20/h2-4,6,9-10,13,16,19-20,23H,5,7-8,11-12,14-15,17H2,1H3,(H,26,28)/t23-/m1/s1. The largest absolute Gasteiger partial charge is 0.497 e. The molecule has 1 amide bonds. The van der Waals surface area contributed by atoms with Gasteiger partial charge in [-0.2, -0.15) is 0 Å². The van der Waals surface area contributed by atoms with Crippen molar-refractivity contribution in [2.24, 2.45) is 11.8 Å². The van der Waals surface area contributed by atoms with Crippen LogP contribution in [-0.4, -0.2) is 36.0 Å². The predicted molar refractivity (Wildman–Crippen MR) is 113 cm³/mol. The van der Waals surface area contributed by atoms with Crippen LogP contribution in [0.25, 0.3) is 0 Å². The molecule has 0 bridgehead atoms. The zero-order valence-corrected chi connectivity index (χ0v) is 17.2. The van der Waals surface area contributed by atoms with Crippen molar-refractivity contribution in [2.75, 3.05) is 20.2 Å². The van der Waals surface area contributed by atoms with Crippen LogP contribution in [0.3, 0.4) is 0 Å². The highest BCUT2D eigenvalue weighted by molar-refractivity contribution is 5.79. The predicted octanol–water partition coefficient (Wildman–Crippen LogP) is 3.96. The molecule has 1 aliphatic heterocycles. The van der Waals surface area contributed by atoms with Crippen molar-refractivity contribution in [1.29, 1.82) is 0 Å². The summed E-state index contributed by atoms with van der Waals surface area (Å²) in [6.45, 7) is 3.00. The van der Waals surface area contributed by atoms with Gasteiger partial charge >= 0.3 is 0 Å². The van der Waals surface area contributed by atoms with Gasteiger partial charge in [-0.1, -0.05) is 24.6 Å². The Morgan fingerprint density at radius 3 is 2.66 bits per heavy atom. The summed E-state index contributed by atoms with van der Waals surface area (Å²) in [7, 11) is 1.71. The molecule has 0 radical (unpaired) electrons. The maximum absolute atomic E-state index is 12.7. The van der Waals surface area contributed by atoms with Crippen LogP contribution in [-0.2, 0) is 11.3 Å². The smallest absolute Gasteiger partial charge is 0.223 e. The summed E-state index contributed by atoms with van der Waals surface area (Å²) in [5.41, 5.74) is 2.27. The molecule has 0 unspecified atom stereocenters. The molecular formula is C24H31N3O2. The molecule has 1 aromatic heterocycles. The molecule has 5 nitrogen and oxygen atoms in total. The van der Waals surface area contributed by atoms with E-state index in [9.17, 15) is 4.79 Å². The Labute approximate surface area is 173 Å². The number of ether oxygens (including phenoxy) is 1. The number of hydrogen-bond donors (Lipinski definition) is 1. The second-order valence-electron chi connectivity index (χ2n) is 8.33. The van der Waals surface area contributed by atoms with Gasteiger partial charge in [0.1, 0.15) is 5.75 Å². The van der Waals surface area contributed by atoms with E-state index in [2.05, 4.69) is 27.3 Å². The molecule has 2 fully saturated rings. The summed E-state index contributed by atoms with van der Waals surface area (Å²) in [6, 6.07) is 14.3. The lowest BCUT2D eigenvalue weighted by Gasteiger charge is -2.37. The number of hydrogen-bond acceptors (Lipinski definition) is 4. The third kappa shape index (κ3) is 4.96. The van der Waals surface area contributed by atoms with Crippen molar-refractivity contribution in [3.63, 3.8) is 0 Å². The Hall–Kier alpha value is -2.40. The number of likely N-dealkylation sites (tertiary alicyclic amines) is 1. The molecular weight excluding hydrogens is 362 g/mol. The number of pyridine rings is 1. The summed E-state index contributed by atoms with van der Waals surface area (Å²) in [5, 5.41) is 3.35. The number of nitrogens with one attached hydrogen (secondary N) is 1. The van der Waals surface area contributed by atoms with Crippen LogP contribution >= 0.6 is 0 Å². The summed E-state index contributed by atoms with van der Waals surface area (Å²) in [5.74, 6) is 1.75. The normalized spacial score (nSPS) is 19.3. The van der Waals surface area contributed by atoms with Crippen molar-refractivity contribution in [3.8, 4) is 5.75 Å². The van der Waals surface area contributed by atoms with E-state index in [4.69, 9.17) is 4.74 Å². The van der Waals surface area contributed by atoms with Gasteiger partial charge in [-0.15, -0.1) is 0 Å². The van der Waals surface area contributed by atoms with Gasteiger partial charge in [0, 0.05) is 18.7 Å². The summed E-state index contributed by atoms with van der Waals surface area (Å²) in [6.07, 6.45) is 7.19. The first-order valence-electron chi connectivity index (χ1n) is 10.8. The minimum atomic E-state index is 0.0169. The second kappa shape index (κ2) is 9.40. The first kappa shape index (κ1) is 19.9. The van der Waals surface area contributed by atoms with Gasteiger partial charge in [0.15, 0.2) is 0 Å². The Kier molecular flexibility index (Phi) is 6.45. The monoisotopic (exact) mass is 393 g/mol. The lowest BCUT2D eigenvalue weighted by molar-refractivity contribution is -0.128. The fraction of sp³-hybridized carbons (Fsp3) is 0.500. The highest BCUT2D eigenvalue weighted by Crippen LogP contribution is 2.33. The van der Waals surface area contributed by atoms with Crippen LogP contribution < -0.4 is 10.1 Å². The molecule has 1 saturated carbocycles. The van der Waals surface area contributed by atoms with Gasteiger partial charge in [-0.25, -0.2) is 0 Å². The van der Waals surface area contributed by atoms with Crippen molar-refractivity contribution < 1.29 is 9.53 Å². The molecule has 1 atom stereocenters. The average Bonchev–Trinajstić information content (AvgIpc) is 2.72. The molecule has 1 saturated heterocycles. The number of methoxy groups -OCH3 is 1. The summed E-state index contributed by atoms with van der Waals surface area (Å²) >= 11 is 0. The van der Waals surface area contributed by atoms with Crippen molar-refractivity contribution in [2.45, 2.75) is 44.7 Å². The maximum Gasteiger partial charge on any atom is 0.223 e.